The molecule has 2 aromatic rings. The van der Waals surface area contributed by atoms with E-state index in [1.165, 1.54) is 4.88 Å². The van der Waals surface area contributed by atoms with Crippen LogP contribution in [-0.2, 0) is 13.1 Å². The van der Waals surface area contributed by atoms with Crippen molar-refractivity contribution in [3.63, 3.8) is 0 Å². The maximum atomic E-state index is 10.9. The first-order valence-electron chi connectivity index (χ1n) is 5.78. The molecule has 2 rings (SSSR count). The minimum Gasteiger partial charge on any atom is -0.478 e. The van der Waals surface area contributed by atoms with Gasteiger partial charge in [0.05, 0.1) is 5.56 Å². The van der Waals surface area contributed by atoms with Crippen molar-refractivity contribution in [1.82, 2.24) is 4.90 Å². The fourth-order valence-electron chi connectivity index (χ4n) is 1.87. The lowest BCUT2D eigenvalue weighted by atomic mass is 10.1. The van der Waals surface area contributed by atoms with Crippen LogP contribution in [0, 0.1) is 0 Å². The van der Waals surface area contributed by atoms with Gasteiger partial charge in [-0.2, -0.15) is 0 Å². The molecule has 0 aliphatic carbocycles. The van der Waals surface area contributed by atoms with Crippen LogP contribution in [0.3, 0.4) is 0 Å². The third kappa shape index (κ3) is 4.16. The predicted octanol–water partition coefficient (Wildman–Crippen LogP) is 3.84. The van der Waals surface area contributed by atoms with Crippen LogP contribution >= 0.6 is 27.3 Å². The first kappa shape index (κ1) is 14.2. The number of hydrogen-bond acceptors (Lipinski definition) is 3. The number of rotatable bonds is 5. The molecule has 1 heterocycles. The van der Waals surface area contributed by atoms with Crippen LogP contribution < -0.4 is 0 Å². The standard InChI is InChI=1S/C14H14BrNO2S/c1-16(8-13-6-12(15)9-19-13)7-10-3-2-4-11(5-10)14(17)18/h2-6,9H,7-8H2,1H3,(H,17,18). The molecule has 1 aromatic carbocycles. The van der Waals surface area contributed by atoms with E-state index in [1.54, 1.807) is 29.5 Å². The van der Waals surface area contributed by atoms with Gasteiger partial charge < -0.3 is 5.11 Å². The van der Waals surface area contributed by atoms with E-state index in [4.69, 9.17) is 5.11 Å². The quantitative estimate of drug-likeness (QED) is 0.899. The second kappa shape index (κ2) is 6.32. The molecule has 0 aliphatic heterocycles. The van der Waals surface area contributed by atoms with Gasteiger partial charge in [0.25, 0.3) is 0 Å². The lowest BCUT2D eigenvalue weighted by molar-refractivity contribution is 0.0696. The van der Waals surface area contributed by atoms with E-state index in [9.17, 15) is 4.79 Å². The highest BCUT2D eigenvalue weighted by Crippen LogP contribution is 2.21. The summed E-state index contributed by atoms with van der Waals surface area (Å²) in [6, 6.07) is 9.18. The normalized spacial score (nSPS) is 10.9. The van der Waals surface area contributed by atoms with Crippen LogP contribution in [0.4, 0.5) is 0 Å². The molecule has 0 amide bonds. The second-order valence-electron chi connectivity index (χ2n) is 4.41. The summed E-state index contributed by atoms with van der Waals surface area (Å²) in [4.78, 5) is 14.4. The number of thiophene rings is 1. The SMILES string of the molecule is CN(Cc1cccc(C(=O)O)c1)Cc1cc(Br)cs1. The van der Waals surface area contributed by atoms with Gasteiger partial charge in [0.15, 0.2) is 0 Å². The van der Waals surface area contributed by atoms with Crippen molar-refractivity contribution < 1.29 is 9.90 Å². The summed E-state index contributed by atoms with van der Waals surface area (Å²) in [5, 5.41) is 11.0. The second-order valence-corrected chi connectivity index (χ2v) is 6.32. The van der Waals surface area contributed by atoms with Gasteiger partial charge in [-0.15, -0.1) is 11.3 Å². The maximum absolute atomic E-state index is 10.9. The highest BCUT2D eigenvalue weighted by molar-refractivity contribution is 9.10. The minimum absolute atomic E-state index is 0.338. The Morgan fingerprint density at radius 1 is 1.37 bits per heavy atom. The van der Waals surface area contributed by atoms with E-state index < -0.39 is 5.97 Å². The zero-order valence-corrected chi connectivity index (χ0v) is 12.9. The molecule has 3 nitrogen and oxygen atoms in total. The molecule has 0 radical (unpaired) electrons. The number of aromatic carboxylic acids is 1. The highest BCUT2D eigenvalue weighted by atomic mass is 79.9. The molecule has 0 spiro atoms. The summed E-state index contributed by atoms with van der Waals surface area (Å²) in [5.74, 6) is -0.883. The molecule has 0 fully saturated rings. The molecule has 0 atom stereocenters. The maximum Gasteiger partial charge on any atom is 0.335 e. The van der Waals surface area contributed by atoms with E-state index in [0.29, 0.717) is 5.56 Å². The molecule has 0 saturated heterocycles. The fourth-order valence-corrected chi connectivity index (χ4v) is 3.40. The average molecular weight is 340 g/mol. The predicted molar refractivity (Wildman–Crippen MR) is 80.6 cm³/mol. The van der Waals surface area contributed by atoms with Crippen LogP contribution in [0.15, 0.2) is 40.2 Å². The lowest BCUT2D eigenvalue weighted by Gasteiger charge is -2.15. The number of carboxylic acid groups (broad SMARTS) is 1. The molecule has 0 saturated carbocycles. The Morgan fingerprint density at radius 3 is 2.79 bits per heavy atom. The van der Waals surface area contributed by atoms with Gasteiger partial charge in [-0.1, -0.05) is 12.1 Å². The van der Waals surface area contributed by atoms with E-state index >= 15 is 0 Å². The van der Waals surface area contributed by atoms with Crippen molar-refractivity contribution in [3.8, 4) is 0 Å². The third-order valence-electron chi connectivity index (χ3n) is 2.67. The summed E-state index contributed by atoms with van der Waals surface area (Å²) in [6.45, 7) is 1.59. The van der Waals surface area contributed by atoms with Gasteiger partial charge in [0.1, 0.15) is 0 Å². The summed E-state index contributed by atoms with van der Waals surface area (Å²) < 4.78 is 1.11. The van der Waals surface area contributed by atoms with Gasteiger partial charge in [0, 0.05) is 27.8 Å². The minimum atomic E-state index is -0.883. The highest BCUT2D eigenvalue weighted by Gasteiger charge is 2.07. The monoisotopic (exact) mass is 339 g/mol. The smallest absolute Gasteiger partial charge is 0.335 e. The Bertz CT molecular complexity index is 582. The van der Waals surface area contributed by atoms with Crippen molar-refractivity contribution >= 4 is 33.2 Å². The zero-order chi connectivity index (χ0) is 13.8. The Hall–Kier alpha value is -1.17. The van der Waals surface area contributed by atoms with Gasteiger partial charge in [0.2, 0.25) is 0 Å². The topological polar surface area (TPSA) is 40.5 Å². The first-order chi connectivity index (χ1) is 9.04. The molecular weight excluding hydrogens is 326 g/mol. The zero-order valence-electron chi connectivity index (χ0n) is 10.5. The van der Waals surface area contributed by atoms with Gasteiger partial charge >= 0.3 is 5.97 Å². The van der Waals surface area contributed by atoms with Crippen LogP contribution in [-0.4, -0.2) is 23.0 Å². The van der Waals surface area contributed by atoms with Gasteiger partial charge in [-0.25, -0.2) is 4.79 Å². The third-order valence-corrected chi connectivity index (χ3v) is 4.36. The van der Waals surface area contributed by atoms with Crippen molar-refractivity contribution in [2.75, 3.05) is 7.05 Å². The Morgan fingerprint density at radius 2 is 2.16 bits per heavy atom. The van der Waals surface area contributed by atoms with E-state index in [0.717, 1.165) is 23.1 Å². The number of carbonyl (C=O) groups is 1. The largest absolute Gasteiger partial charge is 0.478 e. The summed E-state index contributed by atoms with van der Waals surface area (Å²) in [6.07, 6.45) is 0. The molecule has 5 heteroatoms. The molecule has 0 aliphatic rings. The van der Waals surface area contributed by atoms with E-state index in [1.807, 2.05) is 13.1 Å². The Balaban J connectivity index is 2.00. The van der Waals surface area contributed by atoms with E-state index in [2.05, 4.69) is 32.3 Å². The van der Waals surface area contributed by atoms with Crippen LogP contribution in [0.1, 0.15) is 20.8 Å². The molecule has 19 heavy (non-hydrogen) atoms. The molecule has 0 unspecified atom stereocenters. The van der Waals surface area contributed by atoms with Gasteiger partial charge in [-0.3, -0.25) is 4.90 Å². The van der Waals surface area contributed by atoms with E-state index in [-0.39, 0.29) is 0 Å². The number of hydrogen-bond donors (Lipinski definition) is 1. The first-order valence-corrected chi connectivity index (χ1v) is 7.45. The van der Waals surface area contributed by atoms with Crippen LogP contribution in [0.25, 0.3) is 0 Å². The van der Waals surface area contributed by atoms with Crippen LogP contribution in [0.2, 0.25) is 0 Å². The fraction of sp³-hybridized carbons (Fsp3) is 0.214. The Kier molecular flexibility index (Phi) is 4.74. The van der Waals surface area contributed by atoms with Crippen LogP contribution in [0.5, 0.6) is 0 Å². The molecule has 1 N–H and O–H groups in total. The van der Waals surface area contributed by atoms with Crippen molar-refractivity contribution in [2.24, 2.45) is 0 Å². The number of carboxylic acids is 1. The molecule has 0 bridgehead atoms. The number of benzene rings is 1. The summed E-state index contributed by atoms with van der Waals surface area (Å²) in [7, 11) is 2.03. The average Bonchev–Trinajstić information content (AvgIpc) is 2.74. The molecule has 100 valence electrons. The van der Waals surface area contributed by atoms with Crippen molar-refractivity contribution in [2.45, 2.75) is 13.1 Å². The van der Waals surface area contributed by atoms with Gasteiger partial charge in [-0.05, 0) is 46.7 Å². The molecule has 1 aromatic heterocycles. The van der Waals surface area contributed by atoms with Crippen molar-refractivity contribution in [1.29, 1.82) is 0 Å². The Labute approximate surface area is 124 Å². The number of nitrogens with zero attached hydrogens (tertiary/aromatic N) is 1. The number of halogens is 1. The van der Waals surface area contributed by atoms with Crippen molar-refractivity contribution in [3.05, 3.63) is 56.2 Å². The molecular formula is C14H14BrNO2S. The lowest BCUT2D eigenvalue weighted by Crippen LogP contribution is -2.16. The summed E-state index contributed by atoms with van der Waals surface area (Å²) in [5.41, 5.74) is 1.35. The summed E-state index contributed by atoms with van der Waals surface area (Å²) >= 11 is 5.15.